The molecule has 1 amide bonds. The Morgan fingerprint density at radius 2 is 2.00 bits per heavy atom. The molecule has 1 aliphatic rings. The largest absolute Gasteiger partial charge is 0.369 e. The van der Waals surface area contributed by atoms with Gasteiger partial charge in [0.05, 0.1) is 0 Å². The first-order chi connectivity index (χ1) is 6.02. The summed E-state index contributed by atoms with van der Waals surface area (Å²) in [7, 11) is 0. The zero-order valence-corrected chi connectivity index (χ0v) is 8.92. The van der Waals surface area contributed by atoms with Crippen molar-refractivity contribution >= 4 is 5.91 Å². The maximum atomic E-state index is 11.2. The molecule has 0 aliphatic heterocycles. The van der Waals surface area contributed by atoms with Crippen LogP contribution in [0.1, 0.15) is 40.0 Å². The normalized spacial score (nSPS) is 34.9. The minimum absolute atomic E-state index is 0.0924. The third kappa shape index (κ3) is 2.45. The Bertz CT molecular complexity index is 189. The molecule has 0 aromatic carbocycles. The van der Waals surface area contributed by atoms with E-state index in [1.807, 2.05) is 0 Å². The lowest BCUT2D eigenvalue weighted by Gasteiger charge is -2.35. The molecule has 0 radical (unpaired) electrons. The van der Waals surface area contributed by atoms with Gasteiger partial charge < -0.3 is 5.73 Å². The Morgan fingerprint density at radius 3 is 2.46 bits per heavy atom. The Labute approximate surface area is 80.9 Å². The van der Waals surface area contributed by atoms with E-state index < -0.39 is 0 Å². The second-order valence-electron chi connectivity index (χ2n) is 4.83. The number of carbonyl (C=O) groups is 1. The summed E-state index contributed by atoms with van der Waals surface area (Å²) >= 11 is 0. The summed E-state index contributed by atoms with van der Waals surface area (Å²) in [6.07, 6.45) is 3.43. The number of nitrogens with two attached hydrogens (primary N) is 1. The fourth-order valence-electron chi connectivity index (χ4n) is 2.53. The van der Waals surface area contributed by atoms with E-state index in [0.29, 0.717) is 17.8 Å². The molecule has 0 saturated heterocycles. The summed E-state index contributed by atoms with van der Waals surface area (Å²) in [5.41, 5.74) is 5.42. The van der Waals surface area contributed by atoms with Gasteiger partial charge in [-0.2, -0.15) is 0 Å². The quantitative estimate of drug-likeness (QED) is 0.700. The van der Waals surface area contributed by atoms with Crippen LogP contribution in [0.4, 0.5) is 0 Å². The fraction of sp³-hybridized carbons (Fsp3) is 0.909. The Hall–Kier alpha value is -0.530. The zero-order valence-electron chi connectivity index (χ0n) is 8.92. The first-order valence-electron chi connectivity index (χ1n) is 5.31. The molecule has 2 N–H and O–H groups in total. The highest BCUT2D eigenvalue weighted by Gasteiger charge is 2.33. The van der Waals surface area contributed by atoms with Gasteiger partial charge in [0.2, 0.25) is 5.91 Å². The van der Waals surface area contributed by atoms with Gasteiger partial charge in [-0.3, -0.25) is 4.79 Å². The van der Waals surface area contributed by atoms with E-state index in [1.165, 1.54) is 12.8 Å². The lowest BCUT2D eigenvalue weighted by atomic mass is 9.70. The van der Waals surface area contributed by atoms with Crippen molar-refractivity contribution in [2.24, 2.45) is 29.4 Å². The third-order valence-corrected chi connectivity index (χ3v) is 3.39. The molecule has 0 bridgehead atoms. The van der Waals surface area contributed by atoms with Gasteiger partial charge in [-0.15, -0.1) is 0 Å². The Kier molecular flexibility index (Phi) is 3.34. The van der Waals surface area contributed by atoms with E-state index in [1.54, 1.807) is 0 Å². The van der Waals surface area contributed by atoms with Crippen LogP contribution in [0.25, 0.3) is 0 Å². The molecule has 0 spiro atoms. The van der Waals surface area contributed by atoms with Crippen molar-refractivity contribution < 1.29 is 4.79 Å². The van der Waals surface area contributed by atoms with Crippen LogP contribution in [0.2, 0.25) is 0 Å². The predicted octanol–water partition coefficient (Wildman–Crippen LogP) is 2.18. The van der Waals surface area contributed by atoms with Crippen LogP contribution in [-0.4, -0.2) is 5.91 Å². The van der Waals surface area contributed by atoms with Crippen LogP contribution in [0.3, 0.4) is 0 Å². The molecule has 13 heavy (non-hydrogen) atoms. The minimum atomic E-state index is -0.0924. The summed E-state index contributed by atoms with van der Waals surface area (Å²) < 4.78 is 0. The van der Waals surface area contributed by atoms with Crippen LogP contribution < -0.4 is 5.73 Å². The summed E-state index contributed by atoms with van der Waals surface area (Å²) in [6, 6.07) is 0. The van der Waals surface area contributed by atoms with Crippen molar-refractivity contribution in [2.45, 2.75) is 40.0 Å². The average molecular weight is 183 g/mol. The van der Waals surface area contributed by atoms with Crippen molar-refractivity contribution in [3.05, 3.63) is 0 Å². The third-order valence-electron chi connectivity index (χ3n) is 3.39. The van der Waals surface area contributed by atoms with E-state index >= 15 is 0 Å². The predicted molar refractivity (Wildman–Crippen MR) is 54.0 cm³/mol. The highest BCUT2D eigenvalue weighted by atomic mass is 16.1. The SMILES string of the molecule is CC1CC[C@@H](C(C)C)C(C(N)=O)C1. The van der Waals surface area contributed by atoms with Crippen LogP contribution in [-0.2, 0) is 4.79 Å². The summed E-state index contributed by atoms with van der Waals surface area (Å²) in [5, 5.41) is 0. The molecular weight excluding hydrogens is 162 g/mol. The first-order valence-corrected chi connectivity index (χ1v) is 5.31. The molecule has 3 atom stereocenters. The monoisotopic (exact) mass is 183 g/mol. The molecule has 76 valence electrons. The van der Waals surface area contributed by atoms with Crippen molar-refractivity contribution in [2.75, 3.05) is 0 Å². The standard InChI is InChI=1S/C11H21NO/c1-7(2)9-5-4-8(3)6-10(9)11(12)13/h7-10H,4-6H2,1-3H3,(H2,12,13)/t8?,9-,10?/m0/s1. The Morgan fingerprint density at radius 1 is 1.38 bits per heavy atom. The maximum Gasteiger partial charge on any atom is 0.220 e. The molecule has 0 aromatic heterocycles. The average Bonchev–Trinajstić information content (AvgIpc) is 2.03. The van der Waals surface area contributed by atoms with E-state index in [9.17, 15) is 4.79 Å². The molecule has 1 saturated carbocycles. The number of hydrogen-bond acceptors (Lipinski definition) is 1. The summed E-state index contributed by atoms with van der Waals surface area (Å²) in [6.45, 7) is 6.60. The van der Waals surface area contributed by atoms with Crippen molar-refractivity contribution in [1.82, 2.24) is 0 Å². The molecule has 0 heterocycles. The van der Waals surface area contributed by atoms with E-state index in [0.717, 1.165) is 6.42 Å². The number of primary amides is 1. The van der Waals surface area contributed by atoms with Gasteiger partial charge >= 0.3 is 0 Å². The topological polar surface area (TPSA) is 43.1 Å². The van der Waals surface area contributed by atoms with E-state index in [2.05, 4.69) is 20.8 Å². The second kappa shape index (κ2) is 4.12. The van der Waals surface area contributed by atoms with Crippen LogP contribution in [0, 0.1) is 23.7 Å². The highest BCUT2D eigenvalue weighted by molar-refractivity contribution is 5.77. The molecule has 0 aromatic rings. The fourth-order valence-corrected chi connectivity index (χ4v) is 2.53. The highest BCUT2D eigenvalue weighted by Crippen LogP contribution is 2.37. The lowest BCUT2D eigenvalue weighted by Crippen LogP contribution is -2.37. The zero-order chi connectivity index (χ0) is 10.0. The molecule has 2 nitrogen and oxygen atoms in total. The van der Waals surface area contributed by atoms with Crippen LogP contribution in [0.5, 0.6) is 0 Å². The molecule has 1 aliphatic carbocycles. The van der Waals surface area contributed by atoms with Crippen molar-refractivity contribution in [3.8, 4) is 0 Å². The molecule has 2 unspecified atom stereocenters. The summed E-state index contributed by atoms with van der Waals surface area (Å²) in [5.74, 6) is 1.82. The van der Waals surface area contributed by atoms with Gasteiger partial charge in [-0.1, -0.05) is 27.2 Å². The number of carbonyl (C=O) groups excluding carboxylic acids is 1. The second-order valence-corrected chi connectivity index (χ2v) is 4.83. The minimum Gasteiger partial charge on any atom is -0.369 e. The molecule has 1 rings (SSSR count). The van der Waals surface area contributed by atoms with Crippen LogP contribution >= 0.6 is 0 Å². The number of hydrogen-bond donors (Lipinski definition) is 1. The Balaban J connectivity index is 2.66. The maximum absolute atomic E-state index is 11.2. The lowest BCUT2D eigenvalue weighted by molar-refractivity contribution is -0.125. The van der Waals surface area contributed by atoms with E-state index in [4.69, 9.17) is 5.73 Å². The van der Waals surface area contributed by atoms with Gasteiger partial charge in [0.15, 0.2) is 0 Å². The van der Waals surface area contributed by atoms with Gasteiger partial charge in [0.1, 0.15) is 0 Å². The summed E-state index contributed by atoms with van der Waals surface area (Å²) in [4.78, 5) is 11.2. The number of amides is 1. The molecule has 2 heteroatoms. The molecular formula is C11H21NO. The van der Waals surface area contributed by atoms with E-state index in [-0.39, 0.29) is 11.8 Å². The molecule has 1 fully saturated rings. The smallest absolute Gasteiger partial charge is 0.220 e. The van der Waals surface area contributed by atoms with Gasteiger partial charge in [-0.25, -0.2) is 0 Å². The van der Waals surface area contributed by atoms with Gasteiger partial charge in [0.25, 0.3) is 0 Å². The van der Waals surface area contributed by atoms with Crippen molar-refractivity contribution in [3.63, 3.8) is 0 Å². The number of rotatable bonds is 2. The van der Waals surface area contributed by atoms with Crippen molar-refractivity contribution in [1.29, 1.82) is 0 Å². The van der Waals surface area contributed by atoms with Gasteiger partial charge in [-0.05, 0) is 30.6 Å². The van der Waals surface area contributed by atoms with Gasteiger partial charge in [0, 0.05) is 5.92 Å². The van der Waals surface area contributed by atoms with Crippen LogP contribution in [0.15, 0.2) is 0 Å². The first kappa shape index (κ1) is 10.6.